The molecule has 5 rings (SSSR count). The number of hydrogen-bond acceptors (Lipinski definition) is 5. The summed E-state index contributed by atoms with van der Waals surface area (Å²) in [5, 5.41) is 0. The summed E-state index contributed by atoms with van der Waals surface area (Å²) in [7, 11) is 0.810. The number of rotatable bonds is 4. The smallest absolute Gasteiger partial charge is 0.432 e. The lowest BCUT2D eigenvalue weighted by atomic mass is 9.45. The molecule has 1 aliphatic heterocycles. The molecule has 38 heavy (non-hydrogen) atoms. The van der Waals surface area contributed by atoms with E-state index in [0.29, 0.717) is 11.5 Å². The standard InChI is InChI=1S/C30H35F3O5/c1-26(2)13-9-14-27(3)22(26)12-15-28(4)23(27)16-19-21(38-28)17-20(34)24(19)37-25(35)29(36-5,30(31,32)33)18-10-7-6-8-11-18/h6-8,10-11,16-17,22-24H,9,12-15H2,1-5H3/t22-,23+,24-,27-,28-,29-/m0/s1. The average molecular weight is 533 g/mol. The number of ether oxygens (including phenoxy) is 3. The number of carbonyl (C=O) groups excluding carboxylic acids is 2. The predicted octanol–water partition coefficient (Wildman–Crippen LogP) is 6.43. The summed E-state index contributed by atoms with van der Waals surface area (Å²) in [6.07, 6.45) is 1.53. The summed E-state index contributed by atoms with van der Waals surface area (Å²) >= 11 is 0. The van der Waals surface area contributed by atoms with Crippen LogP contribution < -0.4 is 0 Å². The van der Waals surface area contributed by atoms with Gasteiger partial charge < -0.3 is 14.2 Å². The van der Waals surface area contributed by atoms with Gasteiger partial charge in [-0.2, -0.15) is 13.2 Å². The predicted molar refractivity (Wildman–Crippen MR) is 134 cm³/mol. The van der Waals surface area contributed by atoms with Crippen molar-refractivity contribution in [2.24, 2.45) is 22.7 Å². The van der Waals surface area contributed by atoms with Crippen molar-refractivity contribution in [1.29, 1.82) is 0 Å². The molecule has 1 aromatic carbocycles. The molecule has 0 unspecified atom stereocenters. The topological polar surface area (TPSA) is 61.8 Å². The van der Waals surface area contributed by atoms with Crippen molar-refractivity contribution in [3.63, 3.8) is 0 Å². The molecule has 0 aromatic heterocycles. The van der Waals surface area contributed by atoms with Crippen LogP contribution in [0, 0.1) is 22.7 Å². The summed E-state index contributed by atoms with van der Waals surface area (Å²) < 4.78 is 60.0. The summed E-state index contributed by atoms with van der Waals surface area (Å²) in [4.78, 5) is 26.4. The van der Waals surface area contributed by atoms with Crippen LogP contribution in [0.1, 0.15) is 65.4 Å². The average Bonchev–Trinajstić information content (AvgIpc) is 3.11. The highest BCUT2D eigenvalue weighted by atomic mass is 19.4. The van der Waals surface area contributed by atoms with Gasteiger partial charge in [-0.05, 0) is 49.4 Å². The quantitative estimate of drug-likeness (QED) is 0.419. The van der Waals surface area contributed by atoms with Crippen LogP contribution in [0.15, 0.2) is 53.8 Å². The van der Waals surface area contributed by atoms with Crippen molar-refractivity contribution in [3.05, 3.63) is 59.4 Å². The van der Waals surface area contributed by atoms with Crippen LogP contribution >= 0.6 is 0 Å². The normalized spacial score (nSPS) is 35.5. The Labute approximate surface area is 221 Å². The van der Waals surface area contributed by atoms with Crippen molar-refractivity contribution in [1.82, 2.24) is 0 Å². The van der Waals surface area contributed by atoms with E-state index < -0.39 is 40.8 Å². The Morgan fingerprint density at radius 3 is 2.37 bits per heavy atom. The van der Waals surface area contributed by atoms with E-state index in [-0.39, 0.29) is 22.5 Å². The summed E-state index contributed by atoms with van der Waals surface area (Å²) in [5.74, 6) is -1.69. The first-order chi connectivity index (χ1) is 17.7. The van der Waals surface area contributed by atoms with Crippen LogP contribution in [0.2, 0.25) is 0 Å². The van der Waals surface area contributed by atoms with Crippen molar-refractivity contribution >= 4 is 11.8 Å². The number of halogens is 3. The highest BCUT2D eigenvalue weighted by molar-refractivity contribution is 6.03. The number of fused-ring (bicyclic) bond motifs is 4. The molecule has 0 amide bonds. The fourth-order valence-corrected chi connectivity index (χ4v) is 7.98. The zero-order valence-electron chi connectivity index (χ0n) is 22.5. The summed E-state index contributed by atoms with van der Waals surface area (Å²) in [6.45, 7) is 8.92. The lowest BCUT2D eigenvalue weighted by Crippen LogP contribution is -2.59. The third-order valence-corrected chi connectivity index (χ3v) is 9.76. The van der Waals surface area contributed by atoms with Crippen molar-refractivity contribution in [2.45, 2.75) is 83.3 Å². The van der Waals surface area contributed by atoms with Crippen LogP contribution in [0.25, 0.3) is 0 Å². The van der Waals surface area contributed by atoms with Gasteiger partial charge in [0.25, 0.3) is 5.60 Å². The van der Waals surface area contributed by atoms with Gasteiger partial charge in [0.05, 0.1) is 0 Å². The molecule has 4 aliphatic rings. The van der Waals surface area contributed by atoms with E-state index in [1.807, 2.05) is 13.0 Å². The van der Waals surface area contributed by atoms with Crippen molar-refractivity contribution in [3.8, 4) is 0 Å². The van der Waals surface area contributed by atoms with Gasteiger partial charge in [-0.25, -0.2) is 4.79 Å². The van der Waals surface area contributed by atoms with E-state index in [9.17, 15) is 22.8 Å². The molecule has 1 heterocycles. The van der Waals surface area contributed by atoms with Crippen molar-refractivity contribution < 1.29 is 37.0 Å². The molecule has 0 bridgehead atoms. The SMILES string of the molecule is CO[C@](C(=O)O[C@@H]1C(=O)C=C2O[C@@]3(C)CC[C@H]4C(C)(C)CCC[C@]4(C)[C@H]3C=C21)(c1ccccc1)C(F)(F)F. The number of ketones is 1. The number of carbonyl (C=O) groups is 2. The monoisotopic (exact) mass is 532 g/mol. The molecule has 6 atom stereocenters. The Kier molecular flexibility index (Phi) is 6.18. The first kappa shape index (κ1) is 27.0. The molecular weight excluding hydrogens is 497 g/mol. The number of esters is 1. The van der Waals surface area contributed by atoms with Gasteiger partial charge in [-0.3, -0.25) is 4.79 Å². The van der Waals surface area contributed by atoms with E-state index in [1.165, 1.54) is 24.3 Å². The summed E-state index contributed by atoms with van der Waals surface area (Å²) in [6, 6.07) is 6.61. The maximum Gasteiger partial charge on any atom is 0.432 e. The van der Waals surface area contributed by atoms with E-state index in [0.717, 1.165) is 51.3 Å². The molecule has 206 valence electrons. The van der Waals surface area contributed by atoms with Crippen LogP contribution in [0.5, 0.6) is 0 Å². The second-order valence-electron chi connectivity index (χ2n) is 12.4. The minimum Gasteiger partial charge on any atom is -0.486 e. The van der Waals surface area contributed by atoms with Gasteiger partial charge in [0.15, 0.2) is 6.10 Å². The second kappa shape index (κ2) is 8.70. The van der Waals surface area contributed by atoms with Crippen LogP contribution in [-0.2, 0) is 29.4 Å². The number of methoxy groups -OCH3 is 1. The van der Waals surface area contributed by atoms with E-state index in [2.05, 4.69) is 20.8 Å². The van der Waals surface area contributed by atoms with E-state index in [4.69, 9.17) is 14.2 Å². The van der Waals surface area contributed by atoms with Gasteiger partial charge in [-0.1, -0.05) is 63.6 Å². The van der Waals surface area contributed by atoms with Crippen LogP contribution in [-0.4, -0.2) is 36.7 Å². The maximum absolute atomic E-state index is 14.4. The molecule has 0 radical (unpaired) electrons. The molecule has 3 aliphatic carbocycles. The Hall–Kier alpha value is -2.61. The molecule has 0 saturated heterocycles. The number of hydrogen-bond donors (Lipinski definition) is 0. The van der Waals surface area contributed by atoms with Crippen molar-refractivity contribution in [2.75, 3.05) is 7.11 Å². The minimum absolute atomic E-state index is 0.0866. The van der Waals surface area contributed by atoms with Gasteiger partial charge >= 0.3 is 12.1 Å². The maximum atomic E-state index is 14.4. The largest absolute Gasteiger partial charge is 0.486 e. The van der Waals surface area contributed by atoms with E-state index in [1.54, 1.807) is 0 Å². The third-order valence-electron chi connectivity index (χ3n) is 9.76. The van der Waals surface area contributed by atoms with Gasteiger partial charge in [0.2, 0.25) is 5.78 Å². The zero-order chi connectivity index (χ0) is 27.7. The number of benzene rings is 1. The molecule has 0 N–H and O–H groups in total. The Morgan fingerprint density at radius 1 is 1.05 bits per heavy atom. The highest BCUT2D eigenvalue weighted by Crippen LogP contribution is 2.65. The fourth-order valence-electron chi connectivity index (χ4n) is 7.98. The van der Waals surface area contributed by atoms with E-state index >= 15 is 0 Å². The summed E-state index contributed by atoms with van der Waals surface area (Å²) in [5.41, 5.74) is -4.01. The van der Waals surface area contributed by atoms with Gasteiger partial charge in [0.1, 0.15) is 11.4 Å². The first-order valence-corrected chi connectivity index (χ1v) is 13.2. The third kappa shape index (κ3) is 3.77. The Balaban J connectivity index is 1.53. The molecule has 2 fully saturated rings. The number of alkyl halides is 3. The van der Waals surface area contributed by atoms with Crippen LogP contribution in [0.3, 0.4) is 0 Å². The molecule has 0 spiro atoms. The van der Waals surface area contributed by atoms with Gasteiger partial charge in [0, 0.05) is 30.2 Å². The second-order valence-corrected chi connectivity index (χ2v) is 12.4. The first-order valence-electron chi connectivity index (χ1n) is 13.2. The molecular formula is C30H35F3O5. The zero-order valence-corrected chi connectivity index (χ0v) is 22.5. The molecule has 2 saturated carbocycles. The lowest BCUT2D eigenvalue weighted by Gasteiger charge is -2.62. The molecule has 8 heteroatoms. The molecule has 1 aromatic rings. The fraction of sp³-hybridized carbons (Fsp3) is 0.600. The minimum atomic E-state index is -5.13. The van der Waals surface area contributed by atoms with Gasteiger partial charge in [-0.15, -0.1) is 0 Å². The Bertz CT molecular complexity index is 1200. The highest BCUT2D eigenvalue weighted by Gasteiger charge is 2.65. The lowest BCUT2D eigenvalue weighted by molar-refractivity contribution is -0.277. The molecule has 5 nitrogen and oxygen atoms in total. The van der Waals surface area contributed by atoms with Crippen LogP contribution in [0.4, 0.5) is 13.2 Å². The Morgan fingerprint density at radius 2 is 1.74 bits per heavy atom.